The van der Waals surface area contributed by atoms with Crippen LogP contribution in [0.15, 0.2) is 16.3 Å². The minimum Gasteiger partial charge on any atom is -0.351 e. The van der Waals surface area contributed by atoms with E-state index in [-0.39, 0.29) is 10.1 Å². The standard InChI is InChI=1S/C12H20N2O3S2/c1-9(2)4-6-11(15)14-8-10-5-7-12(18-10)19(16,17)13-3/h5,7,9,13H,4,6,8H2,1-3H3,(H,14,15). The molecular weight excluding hydrogens is 284 g/mol. The molecule has 0 aliphatic rings. The maximum atomic E-state index is 11.5. The van der Waals surface area contributed by atoms with Crippen molar-refractivity contribution >= 4 is 27.3 Å². The van der Waals surface area contributed by atoms with Crippen molar-refractivity contribution < 1.29 is 13.2 Å². The summed E-state index contributed by atoms with van der Waals surface area (Å²) in [6.45, 7) is 4.52. The van der Waals surface area contributed by atoms with Gasteiger partial charge in [-0.05, 0) is 31.5 Å². The van der Waals surface area contributed by atoms with E-state index < -0.39 is 10.0 Å². The van der Waals surface area contributed by atoms with Gasteiger partial charge in [-0.25, -0.2) is 13.1 Å². The van der Waals surface area contributed by atoms with Gasteiger partial charge in [-0.2, -0.15) is 0 Å². The predicted octanol–water partition coefficient (Wildman–Crippen LogP) is 1.71. The first kappa shape index (κ1) is 16.1. The Labute approximate surface area is 118 Å². The highest BCUT2D eigenvalue weighted by Crippen LogP contribution is 2.21. The molecule has 1 aromatic heterocycles. The fraction of sp³-hybridized carbons (Fsp3) is 0.583. The van der Waals surface area contributed by atoms with E-state index in [0.29, 0.717) is 18.9 Å². The van der Waals surface area contributed by atoms with Gasteiger partial charge in [0, 0.05) is 11.3 Å². The number of sulfonamides is 1. The third-order valence-electron chi connectivity index (χ3n) is 2.58. The first-order valence-electron chi connectivity index (χ1n) is 6.14. The quantitative estimate of drug-likeness (QED) is 0.805. The Morgan fingerprint density at radius 2 is 2.05 bits per heavy atom. The van der Waals surface area contributed by atoms with E-state index in [9.17, 15) is 13.2 Å². The molecule has 0 radical (unpaired) electrons. The van der Waals surface area contributed by atoms with Crippen molar-refractivity contribution in [3.63, 3.8) is 0 Å². The van der Waals surface area contributed by atoms with Crippen molar-refractivity contribution in [2.24, 2.45) is 5.92 Å². The molecule has 5 nitrogen and oxygen atoms in total. The Kier molecular flexibility index (Phi) is 5.96. The van der Waals surface area contributed by atoms with Crippen LogP contribution in [-0.2, 0) is 21.4 Å². The average Bonchev–Trinajstić information content (AvgIpc) is 2.83. The average molecular weight is 304 g/mol. The van der Waals surface area contributed by atoms with Crippen molar-refractivity contribution in [3.05, 3.63) is 17.0 Å². The van der Waals surface area contributed by atoms with Gasteiger partial charge in [0.2, 0.25) is 15.9 Å². The Bertz CT molecular complexity index is 521. The lowest BCUT2D eigenvalue weighted by atomic mass is 10.1. The first-order chi connectivity index (χ1) is 8.85. The summed E-state index contributed by atoms with van der Waals surface area (Å²) < 4.78 is 25.6. The van der Waals surface area contributed by atoms with Crippen LogP contribution in [0, 0.1) is 5.92 Å². The number of nitrogens with one attached hydrogen (secondary N) is 2. The van der Waals surface area contributed by atoms with Crippen LogP contribution in [0.4, 0.5) is 0 Å². The lowest BCUT2D eigenvalue weighted by molar-refractivity contribution is -0.121. The molecule has 0 fully saturated rings. The van der Waals surface area contributed by atoms with Gasteiger partial charge in [0.25, 0.3) is 0 Å². The van der Waals surface area contributed by atoms with Crippen LogP contribution in [-0.4, -0.2) is 21.4 Å². The number of carbonyl (C=O) groups excluding carboxylic acids is 1. The van der Waals surface area contributed by atoms with Gasteiger partial charge < -0.3 is 5.32 Å². The van der Waals surface area contributed by atoms with E-state index in [1.165, 1.54) is 18.4 Å². The number of rotatable bonds is 7. The number of thiophene rings is 1. The summed E-state index contributed by atoms with van der Waals surface area (Å²) in [6.07, 6.45) is 1.36. The fourth-order valence-corrected chi connectivity index (χ4v) is 3.53. The van der Waals surface area contributed by atoms with E-state index >= 15 is 0 Å². The number of carbonyl (C=O) groups is 1. The number of hydrogen-bond acceptors (Lipinski definition) is 4. The summed E-state index contributed by atoms with van der Waals surface area (Å²) in [4.78, 5) is 12.4. The summed E-state index contributed by atoms with van der Waals surface area (Å²) in [5.41, 5.74) is 0. The summed E-state index contributed by atoms with van der Waals surface area (Å²) in [5, 5.41) is 2.79. The van der Waals surface area contributed by atoms with Gasteiger partial charge in [-0.3, -0.25) is 4.79 Å². The van der Waals surface area contributed by atoms with E-state index in [1.807, 2.05) is 0 Å². The van der Waals surface area contributed by atoms with Gasteiger partial charge in [-0.1, -0.05) is 13.8 Å². The van der Waals surface area contributed by atoms with Gasteiger partial charge >= 0.3 is 0 Å². The molecule has 0 aromatic carbocycles. The smallest absolute Gasteiger partial charge is 0.249 e. The molecule has 1 aromatic rings. The second-order valence-corrected chi connectivity index (χ2v) is 7.92. The van der Waals surface area contributed by atoms with Crippen LogP contribution in [0.1, 0.15) is 31.6 Å². The van der Waals surface area contributed by atoms with Gasteiger partial charge in [-0.15, -0.1) is 11.3 Å². The molecule has 1 amide bonds. The van der Waals surface area contributed by atoms with Gasteiger partial charge in [0.15, 0.2) is 0 Å². The molecule has 2 N–H and O–H groups in total. The van der Waals surface area contributed by atoms with Crippen LogP contribution >= 0.6 is 11.3 Å². The maximum Gasteiger partial charge on any atom is 0.249 e. The lowest BCUT2D eigenvalue weighted by Gasteiger charge is -2.05. The highest BCUT2D eigenvalue weighted by atomic mass is 32.2. The van der Waals surface area contributed by atoms with Crippen LogP contribution in [0.3, 0.4) is 0 Å². The molecule has 19 heavy (non-hydrogen) atoms. The molecule has 0 unspecified atom stereocenters. The molecule has 7 heteroatoms. The second-order valence-electron chi connectivity index (χ2n) is 4.64. The van der Waals surface area contributed by atoms with E-state index in [1.54, 1.807) is 12.1 Å². The summed E-state index contributed by atoms with van der Waals surface area (Å²) in [7, 11) is -2.00. The molecule has 0 saturated heterocycles. The van der Waals surface area contributed by atoms with Crippen LogP contribution in [0.5, 0.6) is 0 Å². The van der Waals surface area contributed by atoms with Crippen LogP contribution < -0.4 is 10.0 Å². The zero-order chi connectivity index (χ0) is 14.5. The SMILES string of the molecule is CNS(=O)(=O)c1ccc(CNC(=O)CCC(C)C)s1. The van der Waals surface area contributed by atoms with E-state index in [4.69, 9.17) is 0 Å². The normalized spacial score (nSPS) is 11.8. The Hall–Kier alpha value is -0.920. The van der Waals surface area contributed by atoms with Gasteiger partial charge in [0.1, 0.15) is 4.21 Å². The van der Waals surface area contributed by atoms with Crippen molar-refractivity contribution in [1.82, 2.24) is 10.0 Å². The molecule has 1 rings (SSSR count). The first-order valence-corrected chi connectivity index (χ1v) is 8.44. The summed E-state index contributed by atoms with van der Waals surface area (Å²) in [6, 6.07) is 3.27. The Balaban J connectivity index is 2.49. The topological polar surface area (TPSA) is 75.3 Å². The minimum atomic E-state index is -3.38. The fourth-order valence-electron chi connectivity index (χ4n) is 1.39. The molecule has 0 atom stereocenters. The Morgan fingerprint density at radius 3 is 2.63 bits per heavy atom. The molecule has 0 saturated carbocycles. The van der Waals surface area contributed by atoms with Crippen LogP contribution in [0.25, 0.3) is 0 Å². The monoisotopic (exact) mass is 304 g/mol. The molecule has 0 aliphatic heterocycles. The second kappa shape index (κ2) is 7.02. The summed E-state index contributed by atoms with van der Waals surface area (Å²) >= 11 is 1.17. The van der Waals surface area contributed by atoms with E-state index in [0.717, 1.165) is 11.3 Å². The van der Waals surface area contributed by atoms with Gasteiger partial charge in [0.05, 0.1) is 6.54 Å². The molecule has 0 spiro atoms. The Morgan fingerprint density at radius 1 is 1.37 bits per heavy atom. The largest absolute Gasteiger partial charge is 0.351 e. The molecule has 108 valence electrons. The summed E-state index contributed by atoms with van der Waals surface area (Å²) in [5.74, 6) is 0.500. The highest BCUT2D eigenvalue weighted by molar-refractivity contribution is 7.91. The molecule has 0 aliphatic carbocycles. The third-order valence-corrected chi connectivity index (χ3v) is 5.57. The molecule has 0 bridgehead atoms. The number of hydrogen-bond donors (Lipinski definition) is 2. The predicted molar refractivity (Wildman–Crippen MR) is 76.5 cm³/mol. The molecule has 1 heterocycles. The third kappa shape index (κ3) is 5.30. The van der Waals surface area contributed by atoms with Crippen LogP contribution in [0.2, 0.25) is 0 Å². The zero-order valence-corrected chi connectivity index (χ0v) is 13.0. The van der Waals surface area contributed by atoms with Crippen molar-refractivity contribution in [1.29, 1.82) is 0 Å². The van der Waals surface area contributed by atoms with Crippen molar-refractivity contribution in [2.75, 3.05) is 7.05 Å². The van der Waals surface area contributed by atoms with E-state index in [2.05, 4.69) is 23.9 Å². The lowest BCUT2D eigenvalue weighted by Crippen LogP contribution is -2.22. The molecular formula is C12H20N2O3S2. The highest BCUT2D eigenvalue weighted by Gasteiger charge is 2.14. The minimum absolute atomic E-state index is 0.000115. The number of amides is 1. The van der Waals surface area contributed by atoms with Crippen molar-refractivity contribution in [3.8, 4) is 0 Å². The van der Waals surface area contributed by atoms with Crippen molar-refractivity contribution in [2.45, 2.75) is 37.4 Å². The maximum absolute atomic E-state index is 11.5. The zero-order valence-electron chi connectivity index (χ0n) is 11.4.